The highest BCUT2D eigenvalue weighted by atomic mass is 32.1. The normalized spacial score (nSPS) is 10.6. The molecule has 0 aliphatic rings. The molecule has 2 N–H and O–H groups in total. The minimum absolute atomic E-state index is 0.236. The Kier molecular flexibility index (Phi) is 5.83. The average Bonchev–Trinajstić information content (AvgIpc) is 3.02. The summed E-state index contributed by atoms with van der Waals surface area (Å²) in [6, 6.07) is 4.88. The van der Waals surface area contributed by atoms with Gasteiger partial charge in [0, 0.05) is 23.9 Å². The molecule has 0 aliphatic carbocycles. The van der Waals surface area contributed by atoms with E-state index in [2.05, 4.69) is 15.3 Å². The number of methoxy groups -OCH3 is 2. The molecule has 0 aliphatic heterocycles. The Balaban J connectivity index is 1.70. The van der Waals surface area contributed by atoms with Crippen molar-refractivity contribution in [1.82, 2.24) is 9.97 Å². The Morgan fingerprint density at radius 3 is 2.41 bits per heavy atom. The molecule has 1 aromatic carbocycles. The van der Waals surface area contributed by atoms with Gasteiger partial charge in [-0.15, -0.1) is 11.3 Å². The van der Waals surface area contributed by atoms with Gasteiger partial charge in [0.25, 0.3) is 11.5 Å². The molecule has 0 saturated heterocycles. The zero-order valence-corrected chi connectivity index (χ0v) is 17.1. The van der Waals surface area contributed by atoms with E-state index in [0.717, 1.165) is 11.3 Å². The number of nitrogens with one attached hydrogen (secondary N) is 2. The molecule has 29 heavy (non-hydrogen) atoms. The molecule has 2 aromatic heterocycles. The molecule has 0 radical (unpaired) electrons. The fourth-order valence-corrected chi connectivity index (χ4v) is 3.84. The van der Waals surface area contributed by atoms with Crippen LogP contribution in [-0.4, -0.2) is 42.7 Å². The van der Waals surface area contributed by atoms with Crippen LogP contribution in [0.3, 0.4) is 0 Å². The Bertz CT molecular complexity index is 1130. The number of ether oxygens (including phenoxy) is 3. The number of hydrogen-bond donors (Lipinski definition) is 2. The van der Waals surface area contributed by atoms with Gasteiger partial charge in [-0.05, 0) is 19.4 Å². The predicted octanol–water partition coefficient (Wildman–Crippen LogP) is 2.41. The maximum Gasteiger partial charge on any atom is 0.349 e. The van der Waals surface area contributed by atoms with Crippen LogP contribution < -0.4 is 20.3 Å². The second kappa shape index (κ2) is 8.31. The highest BCUT2D eigenvalue weighted by Crippen LogP contribution is 2.28. The van der Waals surface area contributed by atoms with Crippen LogP contribution in [-0.2, 0) is 9.53 Å². The van der Waals surface area contributed by atoms with E-state index in [0.29, 0.717) is 38.8 Å². The zero-order valence-electron chi connectivity index (χ0n) is 16.2. The number of anilines is 1. The van der Waals surface area contributed by atoms with Gasteiger partial charge >= 0.3 is 5.97 Å². The topological polar surface area (TPSA) is 120 Å². The Morgan fingerprint density at radius 1 is 1.14 bits per heavy atom. The van der Waals surface area contributed by atoms with Crippen LogP contribution in [0.4, 0.5) is 5.69 Å². The van der Waals surface area contributed by atoms with Gasteiger partial charge in [0.1, 0.15) is 27.0 Å². The number of rotatable bonds is 6. The van der Waals surface area contributed by atoms with Crippen molar-refractivity contribution < 1.29 is 23.8 Å². The molecule has 0 fully saturated rings. The summed E-state index contributed by atoms with van der Waals surface area (Å²) in [5.41, 5.74) is 0.596. The number of amides is 1. The third-order valence-electron chi connectivity index (χ3n) is 4.07. The largest absolute Gasteiger partial charge is 0.497 e. The summed E-state index contributed by atoms with van der Waals surface area (Å²) in [4.78, 5) is 44.2. The molecule has 2 heterocycles. The van der Waals surface area contributed by atoms with Crippen LogP contribution in [0.2, 0.25) is 0 Å². The SMILES string of the molecule is COc1cc(NC(=O)COC(=O)c2sc3nc(C)[nH]c(=O)c3c2C)cc(OC)c1. The van der Waals surface area contributed by atoms with Gasteiger partial charge in [-0.2, -0.15) is 0 Å². The van der Waals surface area contributed by atoms with Crippen molar-refractivity contribution in [1.29, 1.82) is 0 Å². The van der Waals surface area contributed by atoms with Crippen molar-refractivity contribution in [2.45, 2.75) is 13.8 Å². The van der Waals surface area contributed by atoms with Gasteiger partial charge < -0.3 is 24.5 Å². The number of aryl methyl sites for hydroxylation is 2. The monoisotopic (exact) mass is 417 g/mol. The van der Waals surface area contributed by atoms with E-state index in [1.807, 2.05) is 0 Å². The number of thiophene rings is 1. The van der Waals surface area contributed by atoms with Crippen LogP contribution in [0.25, 0.3) is 10.2 Å². The molecule has 0 bridgehead atoms. The van der Waals surface area contributed by atoms with Gasteiger partial charge in [0.15, 0.2) is 6.61 Å². The Hall–Kier alpha value is -3.40. The van der Waals surface area contributed by atoms with E-state index >= 15 is 0 Å². The van der Waals surface area contributed by atoms with E-state index in [9.17, 15) is 14.4 Å². The first kappa shape index (κ1) is 20.3. The molecule has 0 saturated carbocycles. The predicted molar refractivity (Wildman–Crippen MR) is 108 cm³/mol. The summed E-state index contributed by atoms with van der Waals surface area (Å²) in [6.45, 7) is 2.81. The smallest absolute Gasteiger partial charge is 0.349 e. The lowest BCUT2D eigenvalue weighted by Gasteiger charge is -2.10. The zero-order chi connectivity index (χ0) is 21.1. The minimum Gasteiger partial charge on any atom is -0.497 e. The number of benzene rings is 1. The second-order valence-electron chi connectivity index (χ2n) is 6.11. The highest BCUT2D eigenvalue weighted by molar-refractivity contribution is 7.20. The number of carbonyl (C=O) groups is 2. The van der Waals surface area contributed by atoms with Gasteiger partial charge in [0.2, 0.25) is 0 Å². The number of fused-ring (bicyclic) bond motifs is 1. The summed E-state index contributed by atoms with van der Waals surface area (Å²) in [5.74, 6) is 0.244. The van der Waals surface area contributed by atoms with Crippen LogP contribution in [0.5, 0.6) is 11.5 Å². The molecule has 3 rings (SSSR count). The van der Waals surface area contributed by atoms with Gasteiger partial charge in [-0.25, -0.2) is 9.78 Å². The lowest BCUT2D eigenvalue weighted by molar-refractivity contribution is -0.119. The van der Waals surface area contributed by atoms with E-state index in [4.69, 9.17) is 14.2 Å². The van der Waals surface area contributed by atoms with E-state index in [-0.39, 0.29) is 10.4 Å². The molecule has 9 nitrogen and oxygen atoms in total. The molecule has 3 aromatic rings. The summed E-state index contributed by atoms with van der Waals surface area (Å²) in [6.07, 6.45) is 0. The number of carbonyl (C=O) groups excluding carboxylic acids is 2. The quantitative estimate of drug-likeness (QED) is 0.591. The summed E-state index contributed by atoms with van der Waals surface area (Å²) in [5, 5.41) is 2.96. The molecule has 1 amide bonds. The molecular formula is C19H19N3O6S. The fraction of sp³-hybridized carbons (Fsp3) is 0.263. The minimum atomic E-state index is -0.694. The van der Waals surface area contributed by atoms with Crippen molar-refractivity contribution in [2.24, 2.45) is 0 Å². The van der Waals surface area contributed by atoms with Crippen LogP contribution in [0.1, 0.15) is 21.1 Å². The fourth-order valence-electron chi connectivity index (χ4n) is 2.72. The third-order valence-corrected chi connectivity index (χ3v) is 5.24. The molecule has 0 spiro atoms. The van der Waals surface area contributed by atoms with Crippen molar-refractivity contribution in [3.05, 3.63) is 44.8 Å². The summed E-state index contributed by atoms with van der Waals surface area (Å²) < 4.78 is 15.4. The summed E-state index contributed by atoms with van der Waals surface area (Å²) in [7, 11) is 2.99. The Labute approximate surface area is 169 Å². The van der Waals surface area contributed by atoms with Gasteiger partial charge in [0.05, 0.1) is 19.6 Å². The van der Waals surface area contributed by atoms with Crippen molar-refractivity contribution in [3.8, 4) is 11.5 Å². The van der Waals surface area contributed by atoms with Crippen molar-refractivity contribution in [2.75, 3.05) is 26.1 Å². The van der Waals surface area contributed by atoms with E-state index in [1.165, 1.54) is 14.2 Å². The van der Waals surface area contributed by atoms with Crippen molar-refractivity contribution in [3.63, 3.8) is 0 Å². The summed E-state index contributed by atoms with van der Waals surface area (Å²) >= 11 is 1.06. The maximum atomic E-state index is 12.4. The molecule has 0 unspecified atom stereocenters. The first-order chi connectivity index (χ1) is 13.8. The van der Waals surface area contributed by atoms with Gasteiger partial charge in [-0.3, -0.25) is 9.59 Å². The van der Waals surface area contributed by atoms with E-state index < -0.39 is 18.5 Å². The lowest BCUT2D eigenvalue weighted by Crippen LogP contribution is -2.21. The average molecular weight is 417 g/mol. The maximum absolute atomic E-state index is 12.4. The van der Waals surface area contributed by atoms with Gasteiger partial charge in [-0.1, -0.05) is 0 Å². The number of esters is 1. The Morgan fingerprint density at radius 2 is 1.79 bits per heavy atom. The number of hydrogen-bond acceptors (Lipinski definition) is 8. The number of aromatic amines is 1. The third kappa shape index (κ3) is 4.37. The molecule has 152 valence electrons. The number of aromatic nitrogens is 2. The van der Waals surface area contributed by atoms with Crippen LogP contribution in [0, 0.1) is 13.8 Å². The molecule has 0 atom stereocenters. The lowest BCUT2D eigenvalue weighted by atomic mass is 10.2. The standard InChI is InChI=1S/C19H19N3O6S/c1-9-15-17(24)20-10(2)21-18(15)29-16(9)19(25)28-8-14(23)22-11-5-12(26-3)7-13(6-11)27-4/h5-7H,8H2,1-4H3,(H,22,23)(H,20,21,24). The first-order valence-corrected chi connectivity index (χ1v) is 9.34. The number of nitrogens with zero attached hydrogens (tertiary/aromatic N) is 1. The first-order valence-electron chi connectivity index (χ1n) is 8.52. The van der Waals surface area contributed by atoms with Crippen LogP contribution >= 0.6 is 11.3 Å². The second-order valence-corrected chi connectivity index (χ2v) is 7.11. The molecular weight excluding hydrogens is 398 g/mol. The number of H-pyrrole nitrogens is 1. The molecule has 10 heteroatoms. The van der Waals surface area contributed by atoms with E-state index in [1.54, 1.807) is 32.0 Å². The highest BCUT2D eigenvalue weighted by Gasteiger charge is 2.21. The van der Waals surface area contributed by atoms with Crippen molar-refractivity contribution >= 4 is 39.1 Å². The van der Waals surface area contributed by atoms with Crippen LogP contribution in [0.15, 0.2) is 23.0 Å².